The van der Waals surface area contributed by atoms with Crippen molar-refractivity contribution in [3.05, 3.63) is 36.0 Å². The maximum absolute atomic E-state index is 12.5. The number of fused-ring (bicyclic) bond motifs is 1. The van der Waals surface area contributed by atoms with Crippen molar-refractivity contribution in [1.29, 1.82) is 0 Å². The molecule has 3 N–H and O–H groups in total. The van der Waals surface area contributed by atoms with Crippen LogP contribution in [0.5, 0.6) is 0 Å². The molecule has 0 unspecified atom stereocenters. The van der Waals surface area contributed by atoms with Crippen LogP contribution in [0.4, 0.5) is 14.5 Å². The number of aromatic nitrogens is 1. The van der Waals surface area contributed by atoms with Crippen molar-refractivity contribution < 1.29 is 18.7 Å². The number of nitrogens with two attached hydrogens (primary N) is 1. The lowest BCUT2D eigenvalue weighted by molar-refractivity contribution is 0.0505. The monoisotopic (exact) mass is 295 g/mol. The smallest absolute Gasteiger partial charge is 0.272 e. The minimum atomic E-state index is -2.68. The molecule has 0 aliphatic heterocycles. The van der Waals surface area contributed by atoms with Crippen molar-refractivity contribution in [1.82, 2.24) is 9.88 Å². The fourth-order valence-corrected chi connectivity index (χ4v) is 2.04. The SMILES string of the molecule is Nc1cc(C(=O)N(CCO)CC(F)F)nc2ccccc12. The van der Waals surface area contributed by atoms with E-state index in [2.05, 4.69) is 4.98 Å². The summed E-state index contributed by atoms with van der Waals surface area (Å²) < 4.78 is 25.0. The Labute approximate surface area is 120 Å². The number of carbonyl (C=O) groups is 1. The van der Waals surface area contributed by atoms with E-state index in [1.54, 1.807) is 24.3 Å². The maximum atomic E-state index is 12.5. The van der Waals surface area contributed by atoms with Gasteiger partial charge in [-0.3, -0.25) is 4.79 Å². The van der Waals surface area contributed by atoms with Gasteiger partial charge in [0.05, 0.1) is 18.7 Å². The van der Waals surface area contributed by atoms with Gasteiger partial charge in [0.2, 0.25) is 0 Å². The number of nitrogens with zero attached hydrogens (tertiary/aromatic N) is 2. The highest BCUT2D eigenvalue weighted by atomic mass is 19.3. The average molecular weight is 295 g/mol. The highest BCUT2D eigenvalue weighted by Gasteiger charge is 2.21. The highest BCUT2D eigenvalue weighted by Crippen LogP contribution is 2.21. The molecule has 0 aliphatic rings. The number of alkyl halides is 2. The minimum Gasteiger partial charge on any atom is -0.398 e. The number of aliphatic hydroxyl groups excluding tert-OH is 1. The zero-order chi connectivity index (χ0) is 15.4. The van der Waals surface area contributed by atoms with Crippen molar-refractivity contribution in [3.63, 3.8) is 0 Å². The van der Waals surface area contributed by atoms with Crippen molar-refractivity contribution in [2.24, 2.45) is 0 Å². The van der Waals surface area contributed by atoms with E-state index in [-0.39, 0.29) is 12.2 Å². The third kappa shape index (κ3) is 3.43. The van der Waals surface area contributed by atoms with E-state index in [4.69, 9.17) is 10.8 Å². The third-order valence-corrected chi connectivity index (χ3v) is 2.98. The van der Waals surface area contributed by atoms with Crippen LogP contribution in [-0.2, 0) is 0 Å². The summed E-state index contributed by atoms with van der Waals surface area (Å²) in [4.78, 5) is 17.2. The molecule has 2 rings (SSSR count). The standard InChI is InChI=1S/C14H15F2N3O2/c15-13(16)8-19(5-6-20)14(21)12-7-10(17)9-3-1-2-4-11(9)18-12/h1-4,7,13,20H,5-6,8H2,(H2,17,18). The van der Waals surface area contributed by atoms with Crippen molar-refractivity contribution in [2.45, 2.75) is 6.43 Å². The molecule has 0 saturated heterocycles. The number of carbonyl (C=O) groups excluding carboxylic acids is 1. The number of nitrogen functional groups attached to an aromatic ring is 1. The Morgan fingerprint density at radius 1 is 1.38 bits per heavy atom. The second-order valence-corrected chi connectivity index (χ2v) is 4.48. The summed E-state index contributed by atoms with van der Waals surface area (Å²) in [6.45, 7) is -1.34. The van der Waals surface area contributed by atoms with E-state index in [0.29, 0.717) is 16.6 Å². The van der Waals surface area contributed by atoms with Gasteiger partial charge in [0, 0.05) is 17.6 Å². The van der Waals surface area contributed by atoms with Gasteiger partial charge in [-0.25, -0.2) is 13.8 Å². The van der Waals surface area contributed by atoms with Crippen LogP contribution in [0.1, 0.15) is 10.5 Å². The number of aliphatic hydroxyl groups is 1. The Morgan fingerprint density at radius 2 is 2.10 bits per heavy atom. The lowest BCUT2D eigenvalue weighted by Crippen LogP contribution is -2.37. The number of amides is 1. The fourth-order valence-electron chi connectivity index (χ4n) is 2.04. The predicted molar refractivity (Wildman–Crippen MR) is 75.1 cm³/mol. The van der Waals surface area contributed by atoms with E-state index in [1.165, 1.54) is 6.07 Å². The quantitative estimate of drug-likeness (QED) is 0.876. The molecular formula is C14H15F2N3O2. The van der Waals surface area contributed by atoms with E-state index in [9.17, 15) is 13.6 Å². The number of benzene rings is 1. The number of pyridine rings is 1. The molecule has 112 valence electrons. The van der Waals surface area contributed by atoms with Crippen LogP contribution in [0.2, 0.25) is 0 Å². The number of rotatable bonds is 5. The van der Waals surface area contributed by atoms with Gasteiger partial charge in [0.25, 0.3) is 12.3 Å². The first kappa shape index (κ1) is 15.1. The molecule has 1 heterocycles. The summed E-state index contributed by atoms with van der Waals surface area (Å²) in [6, 6.07) is 8.34. The predicted octanol–water partition coefficient (Wildman–Crippen LogP) is 1.52. The summed E-state index contributed by atoms with van der Waals surface area (Å²) in [5.74, 6) is -0.679. The lowest BCUT2D eigenvalue weighted by atomic mass is 10.1. The van der Waals surface area contributed by atoms with Crippen LogP contribution in [0.3, 0.4) is 0 Å². The van der Waals surface area contributed by atoms with Gasteiger partial charge in [-0.1, -0.05) is 18.2 Å². The molecule has 2 aromatic rings. The largest absolute Gasteiger partial charge is 0.398 e. The van der Waals surface area contributed by atoms with Crippen LogP contribution in [0.25, 0.3) is 10.9 Å². The highest BCUT2D eigenvalue weighted by molar-refractivity contribution is 5.99. The van der Waals surface area contributed by atoms with Gasteiger partial charge >= 0.3 is 0 Å². The molecular weight excluding hydrogens is 280 g/mol. The van der Waals surface area contributed by atoms with E-state index in [0.717, 1.165) is 4.90 Å². The topological polar surface area (TPSA) is 79.5 Å². The Morgan fingerprint density at radius 3 is 2.76 bits per heavy atom. The van der Waals surface area contributed by atoms with Gasteiger partial charge in [-0.05, 0) is 12.1 Å². The molecule has 1 amide bonds. The molecule has 0 bridgehead atoms. The maximum Gasteiger partial charge on any atom is 0.272 e. The number of para-hydroxylation sites is 1. The molecule has 0 fully saturated rings. The van der Waals surface area contributed by atoms with Crippen LogP contribution in [0.15, 0.2) is 30.3 Å². The van der Waals surface area contributed by atoms with Crippen LogP contribution >= 0.6 is 0 Å². The molecule has 21 heavy (non-hydrogen) atoms. The first-order chi connectivity index (χ1) is 10.0. The molecule has 0 spiro atoms. The molecule has 7 heteroatoms. The number of hydrogen-bond acceptors (Lipinski definition) is 4. The zero-order valence-corrected chi connectivity index (χ0v) is 11.2. The van der Waals surface area contributed by atoms with Gasteiger partial charge < -0.3 is 15.7 Å². The Bertz CT molecular complexity index is 649. The number of halogens is 2. The first-order valence-corrected chi connectivity index (χ1v) is 6.36. The normalized spacial score (nSPS) is 11.0. The third-order valence-electron chi connectivity index (χ3n) is 2.98. The van der Waals surface area contributed by atoms with Crippen LogP contribution in [-0.4, -0.2) is 47.0 Å². The number of hydrogen-bond donors (Lipinski definition) is 2. The molecule has 0 saturated carbocycles. The summed E-state index contributed by atoms with van der Waals surface area (Å²) in [5.41, 5.74) is 6.72. The van der Waals surface area contributed by atoms with E-state index in [1.807, 2.05) is 0 Å². The lowest BCUT2D eigenvalue weighted by Gasteiger charge is -2.21. The Hall–Kier alpha value is -2.28. The molecule has 0 aliphatic carbocycles. The average Bonchev–Trinajstić information content (AvgIpc) is 2.45. The molecule has 0 atom stereocenters. The first-order valence-electron chi connectivity index (χ1n) is 6.36. The van der Waals surface area contributed by atoms with Crippen LogP contribution < -0.4 is 5.73 Å². The fraction of sp³-hybridized carbons (Fsp3) is 0.286. The van der Waals surface area contributed by atoms with Crippen LogP contribution in [0, 0.1) is 0 Å². The molecule has 0 radical (unpaired) electrons. The number of anilines is 1. The molecule has 1 aromatic heterocycles. The van der Waals surface area contributed by atoms with Gasteiger partial charge in [0.1, 0.15) is 5.69 Å². The van der Waals surface area contributed by atoms with Crippen molar-refractivity contribution >= 4 is 22.5 Å². The minimum absolute atomic E-state index is 0.0136. The second-order valence-electron chi connectivity index (χ2n) is 4.48. The summed E-state index contributed by atoms with van der Waals surface area (Å²) >= 11 is 0. The van der Waals surface area contributed by atoms with Crippen molar-refractivity contribution in [2.75, 3.05) is 25.4 Å². The summed E-state index contributed by atoms with van der Waals surface area (Å²) in [7, 11) is 0. The summed E-state index contributed by atoms with van der Waals surface area (Å²) in [5, 5.41) is 9.58. The Balaban J connectivity index is 2.37. The molecule has 5 nitrogen and oxygen atoms in total. The van der Waals surface area contributed by atoms with Crippen molar-refractivity contribution in [3.8, 4) is 0 Å². The van der Waals surface area contributed by atoms with Gasteiger partial charge in [-0.2, -0.15) is 0 Å². The van der Waals surface area contributed by atoms with Gasteiger partial charge in [0.15, 0.2) is 0 Å². The second kappa shape index (κ2) is 6.45. The van der Waals surface area contributed by atoms with E-state index >= 15 is 0 Å². The molecule has 1 aromatic carbocycles. The Kier molecular flexibility index (Phi) is 4.64. The van der Waals surface area contributed by atoms with Gasteiger partial charge in [-0.15, -0.1) is 0 Å². The zero-order valence-electron chi connectivity index (χ0n) is 11.2. The summed E-state index contributed by atoms with van der Waals surface area (Å²) in [6.07, 6.45) is -2.68. The van der Waals surface area contributed by atoms with E-state index < -0.39 is 25.5 Å².